The highest BCUT2D eigenvalue weighted by Crippen LogP contribution is 2.52. The van der Waals surface area contributed by atoms with Crippen molar-refractivity contribution in [2.24, 2.45) is 16.7 Å². The van der Waals surface area contributed by atoms with Crippen LogP contribution in [0.3, 0.4) is 0 Å². The predicted octanol–water partition coefficient (Wildman–Crippen LogP) is 4.09. The molecule has 4 saturated heterocycles. The molecule has 1 atom stereocenters. The fraction of sp³-hybridized carbons (Fsp3) is 0.857. The summed E-state index contributed by atoms with van der Waals surface area (Å²) in [5.41, 5.74) is 1.28. The van der Waals surface area contributed by atoms with Crippen LogP contribution in [0.25, 0.3) is 0 Å². The minimum absolute atomic E-state index is 0.0751. The third kappa shape index (κ3) is 2.88. The molecule has 0 saturated carbocycles. The van der Waals surface area contributed by atoms with Gasteiger partial charge in [-0.3, -0.25) is 14.6 Å². The molecule has 0 aromatic carbocycles. The van der Waals surface area contributed by atoms with Crippen molar-refractivity contribution >= 4 is 5.78 Å². The van der Waals surface area contributed by atoms with Gasteiger partial charge in [-0.1, -0.05) is 32.4 Å². The van der Waals surface area contributed by atoms with Gasteiger partial charge in [-0.05, 0) is 51.9 Å². The first-order valence-electron chi connectivity index (χ1n) is 10.0. The molecule has 1 unspecified atom stereocenters. The second-order valence-corrected chi connectivity index (χ2v) is 9.09. The largest absolute Gasteiger partial charge is 0.298 e. The van der Waals surface area contributed by atoms with Gasteiger partial charge >= 0.3 is 0 Å². The van der Waals surface area contributed by atoms with E-state index in [9.17, 15) is 4.79 Å². The number of carbonyl (C=O) groups is 1. The molecule has 4 heterocycles. The highest BCUT2D eigenvalue weighted by atomic mass is 16.1. The lowest BCUT2D eigenvalue weighted by atomic mass is 9.58. The first-order chi connectivity index (χ1) is 11.4. The van der Waals surface area contributed by atoms with Crippen LogP contribution in [0.5, 0.6) is 0 Å². The molecule has 24 heavy (non-hydrogen) atoms. The van der Waals surface area contributed by atoms with Crippen LogP contribution in [0, 0.1) is 16.7 Å². The summed E-state index contributed by atoms with van der Waals surface area (Å²) >= 11 is 0. The molecule has 4 bridgehead atoms. The van der Waals surface area contributed by atoms with Gasteiger partial charge in [0.2, 0.25) is 0 Å². The van der Waals surface area contributed by atoms with Crippen molar-refractivity contribution in [2.45, 2.75) is 72.9 Å². The standard InChI is InChI=1S/C21H36N2O/c1-6-20-12-22-14-21(7-2,19(20)24)15-23(13-20)18(22)11-17(5)10-8-9-16(3)4/h9,17-18H,6-8,10-15H2,1-5H3. The SMILES string of the molecule is CCC12CN3CC(CC)(CN(C1)C3CC(C)CCC=C(C)C)C2=O. The Morgan fingerprint density at radius 1 is 1.12 bits per heavy atom. The number of allylic oxidation sites excluding steroid dienone is 2. The van der Waals surface area contributed by atoms with Gasteiger partial charge in [0, 0.05) is 26.2 Å². The summed E-state index contributed by atoms with van der Waals surface area (Å²) in [6, 6.07) is 0. The number of nitrogens with zero attached hydrogens (tertiary/aromatic N) is 2. The first kappa shape index (κ1) is 18.1. The Hall–Kier alpha value is -0.670. The molecule has 4 fully saturated rings. The van der Waals surface area contributed by atoms with E-state index in [0.29, 0.717) is 11.9 Å². The Morgan fingerprint density at radius 3 is 2.04 bits per heavy atom. The minimum Gasteiger partial charge on any atom is -0.298 e. The normalized spacial score (nSPS) is 41.5. The van der Waals surface area contributed by atoms with Crippen molar-refractivity contribution in [1.82, 2.24) is 9.80 Å². The zero-order valence-corrected chi connectivity index (χ0v) is 16.4. The molecule has 0 aliphatic carbocycles. The van der Waals surface area contributed by atoms with Gasteiger partial charge in [0.25, 0.3) is 0 Å². The monoisotopic (exact) mass is 332 g/mol. The number of ketones is 1. The van der Waals surface area contributed by atoms with Crippen molar-refractivity contribution in [1.29, 1.82) is 0 Å². The molecule has 0 aromatic heterocycles. The quantitative estimate of drug-likeness (QED) is 0.656. The molecule has 4 rings (SSSR count). The average Bonchev–Trinajstić information content (AvgIpc) is 2.53. The Kier molecular flexibility index (Phi) is 4.96. The first-order valence-corrected chi connectivity index (χ1v) is 10.0. The zero-order chi connectivity index (χ0) is 17.5. The van der Waals surface area contributed by atoms with Crippen molar-refractivity contribution in [3.63, 3.8) is 0 Å². The number of Topliss-reactive ketones (excluding diaryl/α,β-unsaturated/α-hetero) is 1. The van der Waals surface area contributed by atoms with Gasteiger partial charge in [0.05, 0.1) is 17.0 Å². The van der Waals surface area contributed by atoms with Gasteiger partial charge in [0.1, 0.15) is 5.78 Å². The average molecular weight is 333 g/mol. The van der Waals surface area contributed by atoms with E-state index in [2.05, 4.69) is 50.5 Å². The fourth-order valence-electron chi connectivity index (χ4n) is 5.47. The van der Waals surface area contributed by atoms with Gasteiger partial charge in [0.15, 0.2) is 0 Å². The molecule has 136 valence electrons. The summed E-state index contributed by atoms with van der Waals surface area (Å²) in [5, 5.41) is 0. The number of hydrogen-bond acceptors (Lipinski definition) is 3. The van der Waals surface area contributed by atoms with E-state index in [4.69, 9.17) is 0 Å². The molecule has 0 amide bonds. The van der Waals surface area contributed by atoms with E-state index in [1.54, 1.807) is 0 Å². The second-order valence-electron chi connectivity index (χ2n) is 9.09. The summed E-state index contributed by atoms with van der Waals surface area (Å²) in [6.07, 6.45) is 8.67. The molecule has 0 spiro atoms. The van der Waals surface area contributed by atoms with Crippen molar-refractivity contribution in [3.05, 3.63) is 11.6 Å². The summed E-state index contributed by atoms with van der Waals surface area (Å²) in [7, 11) is 0. The van der Waals surface area contributed by atoms with Crippen molar-refractivity contribution in [2.75, 3.05) is 26.2 Å². The van der Waals surface area contributed by atoms with Gasteiger partial charge < -0.3 is 0 Å². The Balaban J connectivity index is 1.69. The molecular formula is C21H36N2O. The van der Waals surface area contributed by atoms with Crippen molar-refractivity contribution in [3.8, 4) is 0 Å². The van der Waals surface area contributed by atoms with E-state index < -0.39 is 0 Å². The molecule has 0 N–H and O–H groups in total. The van der Waals surface area contributed by atoms with Crippen LogP contribution in [-0.4, -0.2) is 47.9 Å². The topological polar surface area (TPSA) is 23.6 Å². The Morgan fingerprint density at radius 2 is 1.62 bits per heavy atom. The molecule has 4 aliphatic rings. The second kappa shape index (κ2) is 6.57. The molecule has 0 aromatic rings. The fourth-order valence-corrected chi connectivity index (χ4v) is 5.47. The molecule has 0 radical (unpaired) electrons. The number of hydrogen-bond donors (Lipinski definition) is 0. The summed E-state index contributed by atoms with van der Waals surface area (Å²) < 4.78 is 0. The molecule has 4 aliphatic heterocycles. The lowest BCUT2D eigenvalue weighted by Crippen LogP contribution is -2.79. The third-order valence-corrected chi connectivity index (χ3v) is 7.01. The van der Waals surface area contributed by atoms with Gasteiger partial charge in [-0.2, -0.15) is 0 Å². The summed E-state index contributed by atoms with van der Waals surface area (Å²) in [6.45, 7) is 15.2. The third-order valence-electron chi connectivity index (χ3n) is 7.01. The van der Waals surface area contributed by atoms with E-state index >= 15 is 0 Å². The van der Waals surface area contributed by atoms with Crippen LogP contribution < -0.4 is 0 Å². The van der Waals surface area contributed by atoms with Crippen LogP contribution in [0.1, 0.15) is 66.7 Å². The number of piperidine rings is 2. The zero-order valence-electron chi connectivity index (χ0n) is 16.4. The van der Waals surface area contributed by atoms with Crippen LogP contribution in [0.2, 0.25) is 0 Å². The molecule has 3 heteroatoms. The predicted molar refractivity (Wildman–Crippen MR) is 99.8 cm³/mol. The Labute approximate surface area is 148 Å². The van der Waals surface area contributed by atoms with Crippen LogP contribution >= 0.6 is 0 Å². The van der Waals surface area contributed by atoms with Crippen LogP contribution in [0.15, 0.2) is 11.6 Å². The molecule has 3 nitrogen and oxygen atoms in total. The Bertz CT molecular complexity index is 478. The van der Waals surface area contributed by atoms with E-state index in [1.807, 2.05) is 0 Å². The lowest BCUT2D eigenvalue weighted by molar-refractivity contribution is -0.205. The maximum absolute atomic E-state index is 13.2. The maximum atomic E-state index is 13.2. The summed E-state index contributed by atoms with van der Waals surface area (Å²) in [5.74, 6) is 1.33. The van der Waals surface area contributed by atoms with Crippen LogP contribution in [-0.2, 0) is 4.79 Å². The number of carbonyl (C=O) groups excluding carboxylic acids is 1. The minimum atomic E-state index is -0.0751. The maximum Gasteiger partial charge on any atom is 0.150 e. The lowest BCUT2D eigenvalue weighted by Gasteiger charge is -2.66. The highest BCUT2D eigenvalue weighted by molar-refractivity contribution is 5.93. The number of rotatable bonds is 7. The molecular weight excluding hydrogens is 296 g/mol. The van der Waals surface area contributed by atoms with E-state index in [0.717, 1.165) is 44.9 Å². The van der Waals surface area contributed by atoms with Crippen molar-refractivity contribution < 1.29 is 4.79 Å². The van der Waals surface area contributed by atoms with E-state index in [-0.39, 0.29) is 10.8 Å². The van der Waals surface area contributed by atoms with E-state index in [1.165, 1.54) is 24.8 Å². The summed E-state index contributed by atoms with van der Waals surface area (Å²) in [4.78, 5) is 18.5. The highest BCUT2D eigenvalue weighted by Gasteiger charge is 2.63. The van der Waals surface area contributed by atoms with Crippen LogP contribution in [0.4, 0.5) is 0 Å². The van der Waals surface area contributed by atoms with Gasteiger partial charge in [-0.25, -0.2) is 0 Å². The smallest absolute Gasteiger partial charge is 0.150 e. The van der Waals surface area contributed by atoms with Gasteiger partial charge in [-0.15, -0.1) is 0 Å².